The van der Waals surface area contributed by atoms with Gasteiger partial charge in [0.1, 0.15) is 17.9 Å². The van der Waals surface area contributed by atoms with Crippen molar-refractivity contribution in [3.63, 3.8) is 0 Å². The largest absolute Gasteiger partial charge is 0.325 e. The van der Waals surface area contributed by atoms with Crippen LogP contribution in [0.2, 0.25) is 0 Å². The summed E-state index contributed by atoms with van der Waals surface area (Å²) in [6.07, 6.45) is 0.426. The zero-order valence-corrected chi connectivity index (χ0v) is 15.9. The van der Waals surface area contributed by atoms with E-state index in [1.807, 2.05) is 0 Å². The van der Waals surface area contributed by atoms with E-state index in [1.54, 1.807) is 6.07 Å². The summed E-state index contributed by atoms with van der Waals surface area (Å²) in [7, 11) is 0. The number of nitrogens with one attached hydrogen (secondary N) is 1. The highest BCUT2D eigenvalue weighted by Crippen LogP contribution is 2.33. The number of imide groups is 1. The van der Waals surface area contributed by atoms with Crippen LogP contribution in [-0.4, -0.2) is 40.8 Å². The lowest BCUT2D eigenvalue weighted by atomic mass is 9.91. The zero-order chi connectivity index (χ0) is 21.6. The van der Waals surface area contributed by atoms with Crippen LogP contribution in [0.1, 0.15) is 18.1 Å². The Morgan fingerprint density at radius 3 is 2.70 bits per heavy atom. The average molecular weight is 412 g/mol. The van der Waals surface area contributed by atoms with Crippen LogP contribution in [-0.2, 0) is 21.5 Å². The Labute approximate surface area is 170 Å². The molecule has 4 rings (SSSR count). The molecule has 0 aliphatic carbocycles. The van der Waals surface area contributed by atoms with E-state index in [9.17, 15) is 28.9 Å². The first kappa shape index (κ1) is 19.5. The molecule has 4 amide bonds. The molecule has 0 spiro atoms. The number of urea groups is 1. The normalized spacial score (nSPS) is 20.3. The molecule has 2 aliphatic rings. The molecule has 2 aromatic rings. The van der Waals surface area contributed by atoms with Crippen LogP contribution in [0.25, 0.3) is 0 Å². The third-order valence-corrected chi connectivity index (χ3v) is 5.45. The predicted molar refractivity (Wildman–Crippen MR) is 103 cm³/mol. The van der Waals surface area contributed by atoms with Gasteiger partial charge in [0.25, 0.3) is 11.6 Å². The van der Waals surface area contributed by atoms with Gasteiger partial charge in [-0.05, 0) is 31.0 Å². The SMILES string of the molecule is CC1(c2ccccc2F)NC(=O)N(CC(=O)N2CCc3cc([N+](=O)[O-])ccc32)C1=O. The standard InChI is InChI=1S/C20H17FN4O5/c1-20(14-4-2-3-5-15(14)21)18(27)24(19(28)22-20)11-17(26)23-9-8-12-10-13(25(29)30)6-7-16(12)23/h2-7,10H,8-9,11H2,1H3,(H,22,28). The van der Waals surface area contributed by atoms with E-state index in [-0.39, 0.29) is 17.8 Å². The third kappa shape index (κ3) is 2.97. The Hall–Kier alpha value is -3.82. The van der Waals surface area contributed by atoms with Gasteiger partial charge in [0.2, 0.25) is 5.91 Å². The molecule has 0 bridgehead atoms. The second-order valence-corrected chi connectivity index (χ2v) is 7.29. The number of nitro groups is 1. The van der Waals surface area contributed by atoms with Crippen LogP contribution in [0.4, 0.5) is 20.6 Å². The Kier molecular flexibility index (Phi) is 4.49. The van der Waals surface area contributed by atoms with Crippen LogP contribution in [0.3, 0.4) is 0 Å². The Bertz CT molecular complexity index is 1100. The molecule has 9 nitrogen and oxygen atoms in total. The fourth-order valence-electron chi connectivity index (χ4n) is 3.87. The van der Waals surface area contributed by atoms with E-state index >= 15 is 0 Å². The summed E-state index contributed by atoms with van der Waals surface area (Å²) >= 11 is 0. The lowest BCUT2D eigenvalue weighted by molar-refractivity contribution is -0.384. The molecule has 30 heavy (non-hydrogen) atoms. The number of benzene rings is 2. The zero-order valence-electron chi connectivity index (χ0n) is 15.9. The minimum atomic E-state index is -1.62. The molecular formula is C20H17FN4O5. The number of nitro benzene ring substituents is 1. The quantitative estimate of drug-likeness (QED) is 0.469. The number of rotatable bonds is 4. The van der Waals surface area contributed by atoms with Crippen molar-refractivity contribution in [2.45, 2.75) is 18.9 Å². The molecule has 0 saturated carbocycles. The van der Waals surface area contributed by atoms with Gasteiger partial charge in [-0.3, -0.25) is 24.6 Å². The van der Waals surface area contributed by atoms with Gasteiger partial charge >= 0.3 is 6.03 Å². The number of hydrogen-bond acceptors (Lipinski definition) is 5. The first-order valence-electron chi connectivity index (χ1n) is 9.19. The van der Waals surface area contributed by atoms with E-state index in [1.165, 1.54) is 48.2 Å². The lowest BCUT2D eigenvalue weighted by Gasteiger charge is -2.23. The average Bonchev–Trinajstić information content (AvgIpc) is 3.22. The highest BCUT2D eigenvalue weighted by molar-refractivity contribution is 6.10. The van der Waals surface area contributed by atoms with E-state index in [0.717, 1.165) is 4.90 Å². The van der Waals surface area contributed by atoms with E-state index in [2.05, 4.69) is 5.32 Å². The maximum absolute atomic E-state index is 14.2. The maximum Gasteiger partial charge on any atom is 0.325 e. The monoisotopic (exact) mass is 412 g/mol. The number of halogens is 1. The summed E-state index contributed by atoms with van der Waals surface area (Å²) in [6, 6.07) is 9.02. The topological polar surface area (TPSA) is 113 Å². The molecule has 1 atom stereocenters. The molecule has 2 heterocycles. The molecule has 2 aromatic carbocycles. The first-order valence-corrected chi connectivity index (χ1v) is 9.19. The van der Waals surface area contributed by atoms with Gasteiger partial charge in [-0.25, -0.2) is 9.18 Å². The van der Waals surface area contributed by atoms with Crippen molar-refractivity contribution in [1.82, 2.24) is 10.2 Å². The van der Waals surface area contributed by atoms with Crippen molar-refractivity contribution in [2.24, 2.45) is 0 Å². The minimum absolute atomic E-state index is 0.0112. The van der Waals surface area contributed by atoms with Crippen molar-refractivity contribution in [3.8, 4) is 0 Å². The molecule has 154 valence electrons. The van der Waals surface area contributed by atoms with Crippen molar-refractivity contribution >= 4 is 29.2 Å². The van der Waals surface area contributed by atoms with Gasteiger partial charge in [-0.1, -0.05) is 18.2 Å². The summed E-state index contributed by atoms with van der Waals surface area (Å²) in [5.41, 5.74) is -0.526. The number of hydrogen-bond donors (Lipinski definition) is 1. The van der Waals surface area contributed by atoms with Crippen molar-refractivity contribution < 1.29 is 23.7 Å². The van der Waals surface area contributed by atoms with Gasteiger partial charge in [0.15, 0.2) is 0 Å². The first-order chi connectivity index (χ1) is 14.2. The summed E-state index contributed by atoms with van der Waals surface area (Å²) < 4.78 is 14.2. The van der Waals surface area contributed by atoms with Gasteiger partial charge in [0.05, 0.1) is 4.92 Å². The summed E-state index contributed by atoms with van der Waals surface area (Å²) in [6.45, 7) is 1.15. The molecule has 1 fully saturated rings. The van der Waals surface area contributed by atoms with Crippen LogP contribution in [0.15, 0.2) is 42.5 Å². The third-order valence-electron chi connectivity index (χ3n) is 5.45. The Morgan fingerprint density at radius 1 is 1.27 bits per heavy atom. The van der Waals surface area contributed by atoms with Crippen molar-refractivity contribution in [1.29, 1.82) is 0 Å². The predicted octanol–water partition coefficient (Wildman–Crippen LogP) is 2.09. The summed E-state index contributed by atoms with van der Waals surface area (Å²) in [5, 5.41) is 13.4. The van der Waals surface area contributed by atoms with Crippen LogP contribution in [0.5, 0.6) is 0 Å². The smallest absolute Gasteiger partial charge is 0.319 e. The van der Waals surface area contributed by atoms with Gasteiger partial charge < -0.3 is 10.2 Å². The molecule has 1 saturated heterocycles. The molecule has 10 heteroatoms. The van der Waals surface area contributed by atoms with Crippen molar-refractivity contribution in [3.05, 3.63) is 69.5 Å². The summed E-state index contributed by atoms with van der Waals surface area (Å²) in [4.78, 5) is 50.8. The minimum Gasteiger partial charge on any atom is -0.319 e. The van der Waals surface area contributed by atoms with E-state index in [4.69, 9.17) is 0 Å². The highest BCUT2D eigenvalue weighted by atomic mass is 19.1. The molecule has 0 radical (unpaired) electrons. The van der Waals surface area contributed by atoms with Crippen molar-refractivity contribution in [2.75, 3.05) is 18.0 Å². The molecule has 0 aromatic heterocycles. The lowest BCUT2D eigenvalue weighted by Crippen LogP contribution is -2.44. The number of carbonyl (C=O) groups excluding carboxylic acids is 3. The number of carbonyl (C=O) groups is 3. The molecule has 2 aliphatic heterocycles. The van der Waals surface area contributed by atoms with Crippen LogP contribution < -0.4 is 10.2 Å². The Balaban J connectivity index is 1.55. The van der Waals surface area contributed by atoms with E-state index < -0.39 is 40.7 Å². The van der Waals surface area contributed by atoms with E-state index in [0.29, 0.717) is 17.7 Å². The maximum atomic E-state index is 14.2. The summed E-state index contributed by atoms with van der Waals surface area (Å²) in [5.74, 6) is -1.88. The number of amides is 4. The Morgan fingerprint density at radius 2 is 2.00 bits per heavy atom. The van der Waals surface area contributed by atoms with Crippen LogP contribution in [0, 0.1) is 15.9 Å². The van der Waals surface area contributed by atoms with Gasteiger partial charge in [-0.2, -0.15) is 0 Å². The highest BCUT2D eigenvalue weighted by Gasteiger charge is 2.51. The second kappa shape index (κ2) is 6.90. The van der Waals surface area contributed by atoms with Crippen LogP contribution >= 0.6 is 0 Å². The fourth-order valence-corrected chi connectivity index (χ4v) is 3.87. The molecule has 1 N–H and O–H groups in total. The second-order valence-electron chi connectivity index (χ2n) is 7.29. The van der Waals surface area contributed by atoms with Gasteiger partial charge in [0, 0.05) is 29.9 Å². The number of nitrogens with zero attached hydrogens (tertiary/aromatic N) is 3. The number of fused-ring (bicyclic) bond motifs is 1. The molecule has 1 unspecified atom stereocenters. The fraction of sp³-hybridized carbons (Fsp3) is 0.250. The molecular weight excluding hydrogens is 395 g/mol. The number of non-ortho nitro benzene ring substituents is 1. The number of anilines is 1. The van der Waals surface area contributed by atoms with Gasteiger partial charge in [-0.15, -0.1) is 0 Å².